The quantitative estimate of drug-likeness (QED) is 0.612. The van der Waals surface area contributed by atoms with E-state index in [1.165, 1.54) is 5.56 Å². The average molecular weight is 379 g/mol. The Balaban J connectivity index is 1.72. The molecule has 1 aromatic heterocycles. The van der Waals surface area contributed by atoms with Gasteiger partial charge in [-0.15, -0.1) is 0 Å². The van der Waals surface area contributed by atoms with Crippen molar-refractivity contribution < 1.29 is 9.69 Å². The summed E-state index contributed by atoms with van der Waals surface area (Å²) in [6.07, 6.45) is 0. The highest BCUT2D eigenvalue weighted by molar-refractivity contribution is 5.93. The minimum absolute atomic E-state index is 0.0463. The average Bonchev–Trinajstić information content (AvgIpc) is 2.64. The Morgan fingerprint density at radius 2 is 1.82 bits per heavy atom. The van der Waals surface area contributed by atoms with Crippen molar-refractivity contribution in [1.82, 2.24) is 9.97 Å². The van der Waals surface area contributed by atoms with Gasteiger partial charge >= 0.3 is 0 Å². The number of benzene rings is 2. The van der Waals surface area contributed by atoms with Gasteiger partial charge in [0.25, 0.3) is 11.5 Å². The lowest BCUT2D eigenvalue weighted by molar-refractivity contribution is -0.904. The molecule has 0 radical (unpaired) electrons. The maximum absolute atomic E-state index is 12.6. The van der Waals surface area contributed by atoms with E-state index in [4.69, 9.17) is 0 Å². The van der Waals surface area contributed by atoms with Gasteiger partial charge in [0, 0.05) is 5.69 Å². The zero-order valence-electron chi connectivity index (χ0n) is 16.8. The van der Waals surface area contributed by atoms with Crippen molar-refractivity contribution in [3.8, 4) is 0 Å². The molecule has 6 heteroatoms. The Morgan fingerprint density at radius 1 is 1.14 bits per heavy atom. The van der Waals surface area contributed by atoms with Crippen molar-refractivity contribution in [1.29, 1.82) is 0 Å². The normalized spacial score (nSPS) is 12.1. The summed E-state index contributed by atoms with van der Waals surface area (Å²) in [6.45, 7) is 9.61. The fourth-order valence-electron chi connectivity index (χ4n) is 3.56. The van der Waals surface area contributed by atoms with Crippen LogP contribution in [0.5, 0.6) is 0 Å². The summed E-state index contributed by atoms with van der Waals surface area (Å²) in [5, 5.41) is 3.62. The lowest BCUT2D eigenvalue weighted by Gasteiger charge is -2.18. The van der Waals surface area contributed by atoms with Gasteiger partial charge in [0.05, 0.1) is 17.4 Å². The van der Waals surface area contributed by atoms with Crippen LogP contribution in [0.15, 0.2) is 41.2 Å². The molecule has 1 unspecified atom stereocenters. The first-order valence-electron chi connectivity index (χ1n) is 9.56. The van der Waals surface area contributed by atoms with Crippen LogP contribution in [0.3, 0.4) is 0 Å². The number of aromatic amines is 1. The van der Waals surface area contributed by atoms with Gasteiger partial charge in [-0.3, -0.25) is 9.59 Å². The number of nitrogens with one attached hydrogen (secondary N) is 3. The third-order valence-corrected chi connectivity index (χ3v) is 4.93. The summed E-state index contributed by atoms with van der Waals surface area (Å²) < 4.78 is 0. The molecule has 6 nitrogen and oxygen atoms in total. The summed E-state index contributed by atoms with van der Waals surface area (Å²) in [4.78, 5) is 33.3. The molecular weight excluding hydrogens is 352 g/mol. The number of rotatable bonds is 6. The molecule has 1 amide bonds. The number of H-pyrrole nitrogens is 1. The molecule has 3 aromatic rings. The Morgan fingerprint density at radius 3 is 2.50 bits per heavy atom. The number of hydrogen-bond donors (Lipinski definition) is 3. The highest BCUT2D eigenvalue weighted by atomic mass is 16.2. The number of aromatic nitrogens is 2. The second-order valence-corrected chi connectivity index (χ2v) is 7.31. The second-order valence-electron chi connectivity index (χ2n) is 7.31. The Bertz CT molecular complexity index is 1050. The van der Waals surface area contributed by atoms with Crippen LogP contribution in [0.1, 0.15) is 29.4 Å². The molecular formula is C22H27N4O2+. The number of hydrogen-bond acceptors (Lipinski definition) is 3. The van der Waals surface area contributed by atoms with Crippen LogP contribution < -0.4 is 15.8 Å². The van der Waals surface area contributed by atoms with Crippen LogP contribution in [0, 0.1) is 20.8 Å². The highest BCUT2D eigenvalue weighted by Gasteiger charge is 2.17. The first-order valence-corrected chi connectivity index (χ1v) is 9.56. The van der Waals surface area contributed by atoms with Crippen molar-refractivity contribution in [2.24, 2.45) is 0 Å². The van der Waals surface area contributed by atoms with E-state index in [1.807, 2.05) is 45.9 Å². The minimum atomic E-state index is -0.147. The summed E-state index contributed by atoms with van der Waals surface area (Å²) in [6, 6.07) is 11.4. The van der Waals surface area contributed by atoms with Crippen molar-refractivity contribution >= 4 is 22.5 Å². The predicted octanol–water partition coefficient (Wildman–Crippen LogP) is 1.89. The van der Waals surface area contributed by atoms with Gasteiger partial charge in [0.1, 0.15) is 6.54 Å². The van der Waals surface area contributed by atoms with Crippen LogP contribution in [-0.2, 0) is 11.3 Å². The molecule has 3 rings (SSSR count). The van der Waals surface area contributed by atoms with Crippen molar-refractivity contribution in [3.05, 3.63) is 69.3 Å². The maximum atomic E-state index is 12.6. The van der Waals surface area contributed by atoms with Gasteiger partial charge in [-0.25, -0.2) is 4.98 Å². The van der Waals surface area contributed by atoms with E-state index in [0.29, 0.717) is 29.8 Å². The number of nitrogens with zero attached hydrogens (tertiary/aromatic N) is 1. The molecule has 0 aliphatic carbocycles. The number of para-hydroxylation sites is 1. The van der Waals surface area contributed by atoms with Crippen LogP contribution >= 0.6 is 0 Å². The lowest BCUT2D eigenvalue weighted by Crippen LogP contribution is -3.11. The largest absolute Gasteiger partial charge is 0.321 e. The summed E-state index contributed by atoms with van der Waals surface area (Å²) in [5.41, 5.74) is 4.70. The van der Waals surface area contributed by atoms with Gasteiger partial charge in [0.2, 0.25) is 0 Å². The second kappa shape index (κ2) is 8.35. The molecule has 1 heterocycles. The Hall–Kier alpha value is -2.99. The standard InChI is InChI=1S/C22H26N4O2/c1-5-26(12-19-23-18-9-7-6-8-17(18)22(28)24-19)13-20(27)25-21-15(3)10-14(2)11-16(21)4/h6-11H,5,12-13H2,1-4H3,(H,25,27)(H,23,24,28)/p+1. The van der Waals surface area contributed by atoms with E-state index in [0.717, 1.165) is 28.3 Å². The summed E-state index contributed by atoms with van der Waals surface area (Å²) >= 11 is 0. The molecule has 1 atom stereocenters. The number of anilines is 1. The van der Waals surface area contributed by atoms with E-state index in [-0.39, 0.29) is 11.5 Å². The van der Waals surface area contributed by atoms with Gasteiger partial charge < -0.3 is 15.2 Å². The molecule has 28 heavy (non-hydrogen) atoms. The van der Waals surface area contributed by atoms with E-state index in [1.54, 1.807) is 6.07 Å². The third kappa shape index (κ3) is 4.46. The molecule has 0 bridgehead atoms. The van der Waals surface area contributed by atoms with Crippen molar-refractivity contribution in [3.63, 3.8) is 0 Å². The molecule has 146 valence electrons. The number of carbonyl (C=O) groups is 1. The lowest BCUT2D eigenvalue weighted by atomic mass is 10.1. The smallest absolute Gasteiger partial charge is 0.279 e. The molecule has 0 saturated carbocycles. The fraction of sp³-hybridized carbons (Fsp3) is 0.318. The summed E-state index contributed by atoms with van der Waals surface area (Å²) in [5.74, 6) is 0.547. The zero-order chi connectivity index (χ0) is 20.3. The van der Waals surface area contributed by atoms with Gasteiger partial charge in [-0.05, 0) is 51.0 Å². The van der Waals surface area contributed by atoms with Crippen LogP contribution in [0.25, 0.3) is 10.9 Å². The number of aryl methyl sites for hydroxylation is 3. The molecule has 0 aliphatic rings. The topological polar surface area (TPSA) is 79.3 Å². The number of quaternary nitrogens is 1. The van der Waals surface area contributed by atoms with Crippen LogP contribution in [0.4, 0.5) is 5.69 Å². The third-order valence-electron chi connectivity index (χ3n) is 4.93. The fourth-order valence-corrected chi connectivity index (χ4v) is 3.56. The summed E-state index contributed by atoms with van der Waals surface area (Å²) in [7, 11) is 0. The van der Waals surface area contributed by atoms with E-state index < -0.39 is 0 Å². The molecule has 3 N–H and O–H groups in total. The number of likely N-dealkylation sites (N-methyl/N-ethyl adjacent to an activating group) is 1. The SMILES string of the molecule is CC[NH+](CC(=O)Nc1c(C)cc(C)cc1C)Cc1nc2ccccc2c(=O)[nH]1. The van der Waals surface area contributed by atoms with E-state index >= 15 is 0 Å². The number of carbonyl (C=O) groups excluding carboxylic acids is 1. The Kier molecular flexibility index (Phi) is 5.90. The van der Waals surface area contributed by atoms with Crippen molar-refractivity contribution in [2.45, 2.75) is 34.2 Å². The first kappa shape index (κ1) is 19.8. The van der Waals surface area contributed by atoms with E-state index in [9.17, 15) is 9.59 Å². The number of fused-ring (bicyclic) bond motifs is 1. The molecule has 0 fully saturated rings. The molecule has 2 aromatic carbocycles. The van der Waals surface area contributed by atoms with Gasteiger partial charge in [0.15, 0.2) is 12.4 Å². The minimum Gasteiger partial charge on any atom is -0.321 e. The predicted molar refractivity (Wildman–Crippen MR) is 112 cm³/mol. The van der Waals surface area contributed by atoms with Gasteiger partial charge in [-0.1, -0.05) is 29.8 Å². The van der Waals surface area contributed by atoms with Crippen LogP contribution in [-0.4, -0.2) is 29.0 Å². The van der Waals surface area contributed by atoms with Gasteiger partial charge in [-0.2, -0.15) is 0 Å². The van der Waals surface area contributed by atoms with Crippen LogP contribution in [0.2, 0.25) is 0 Å². The zero-order valence-corrected chi connectivity index (χ0v) is 16.8. The molecule has 0 saturated heterocycles. The highest BCUT2D eigenvalue weighted by Crippen LogP contribution is 2.21. The first-order chi connectivity index (χ1) is 13.4. The Labute approximate surface area is 164 Å². The van der Waals surface area contributed by atoms with Crippen molar-refractivity contribution in [2.75, 3.05) is 18.4 Å². The monoisotopic (exact) mass is 379 g/mol. The maximum Gasteiger partial charge on any atom is 0.279 e. The molecule has 0 spiro atoms. The number of amides is 1. The van der Waals surface area contributed by atoms with E-state index in [2.05, 4.69) is 27.4 Å². The molecule has 0 aliphatic heterocycles.